The molecule has 0 atom stereocenters. The Hall–Kier alpha value is -1.00. The molecule has 1 aliphatic heterocycles. The van der Waals surface area contributed by atoms with Crippen molar-refractivity contribution in [1.29, 1.82) is 0 Å². The summed E-state index contributed by atoms with van der Waals surface area (Å²) in [6.45, 7) is 4.99. The first kappa shape index (κ1) is 12.5. The van der Waals surface area contributed by atoms with Gasteiger partial charge in [0.25, 0.3) is 0 Å². The number of hydrogen-bond donors (Lipinski definition) is 1. The van der Waals surface area contributed by atoms with Gasteiger partial charge in [-0.05, 0) is 32.0 Å². The van der Waals surface area contributed by atoms with Gasteiger partial charge in [0.2, 0.25) is 0 Å². The van der Waals surface area contributed by atoms with E-state index in [4.69, 9.17) is 0 Å². The van der Waals surface area contributed by atoms with Crippen molar-refractivity contribution < 1.29 is 4.39 Å². The summed E-state index contributed by atoms with van der Waals surface area (Å²) in [6, 6.07) is 1.73. The minimum absolute atomic E-state index is 0.224. The van der Waals surface area contributed by atoms with Gasteiger partial charge in [0.1, 0.15) is 5.82 Å². The second-order valence-corrected chi connectivity index (χ2v) is 4.55. The predicted molar refractivity (Wildman–Crippen MR) is 66.2 cm³/mol. The van der Waals surface area contributed by atoms with Gasteiger partial charge >= 0.3 is 0 Å². The van der Waals surface area contributed by atoms with E-state index in [1.54, 1.807) is 12.3 Å². The summed E-state index contributed by atoms with van der Waals surface area (Å²) in [4.78, 5) is 6.21. The molecule has 0 radical (unpaired) electrons. The third kappa shape index (κ3) is 4.06. The molecule has 2 heterocycles. The van der Waals surface area contributed by atoms with Gasteiger partial charge in [0.15, 0.2) is 0 Å². The minimum atomic E-state index is -0.224. The Balaban J connectivity index is 1.64. The Morgan fingerprint density at radius 1 is 1.29 bits per heavy atom. The number of hydrogen-bond acceptors (Lipinski definition) is 3. The third-order valence-corrected chi connectivity index (χ3v) is 3.23. The van der Waals surface area contributed by atoms with Crippen molar-refractivity contribution in [1.82, 2.24) is 15.2 Å². The summed E-state index contributed by atoms with van der Waals surface area (Å²) >= 11 is 0. The van der Waals surface area contributed by atoms with Crippen LogP contribution in [0.3, 0.4) is 0 Å². The molecule has 4 heteroatoms. The van der Waals surface area contributed by atoms with Crippen molar-refractivity contribution in [3.63, 3.8) is 0 Å². The second kappa shape index (κ2) is 6.67. The van der Waals surface area contributed by atoms with Crippen LogP contribution in [0.4, 0.5) is 4.39 Å². The van der Waals surface area contributed by atoms with Crippen LogP contribution in [0.2, 0.25) is 0 Å². The van der Waals surface area contributed by atoms with Crippen LogP contribution >= 0.6 is 0 Å². The maximum Gasteiger partial charge on any atom is 0.145 e. The van der Waals surface area contributed by atoms with Crippen LogP contribution in [-0.2, 0) is 6.54 Å². The lowest BCUT2D eigenvalue weighted by Gasteiger charge is -2.26. The Morgan fingerprint density at radius 2 is 2.12 bits per heavy atom. The fourth-order valence-corrected chi connectivity index (χ4v) is 2.19. The van der Waals surface area contributed by atoms with Crippen molar-refractivity contribution in [2.75, 3.05) is 26.2 Å². The van der Waals surface area contributed by atoms with Crippen LogP contribution in [0.15, 0.2) is 18.5 Å². The zero-order valence-electron chi connectivity index (χ0n) is 10.2. The summed E-state index contributed by atoms with van der Waals surface area (Å²) in [5, 5.41) is 3.28. The summed E-state index contributed by atoms with van der Waals surface area (Å²) in [6.07, 6.45) is 6.90. The maximum absolute atomic E-state index is 13.3. The molecule has 0 unspecified atom stereocenters. The second-order valence-electron chi connectivity index (χ2n) is 4.55. The van der Waals surface area contributed by atoms with Gasteiger partial charge in [-0.2, -0.15) is 0 Å². The zero-order valence-corrected chi connectivity index (χ0v) is 10.2. The molecule has 94 valence electrons. The maximum atomic E-state index is 13.3. The van der Waals surface area contributed by atoms with E-state index in [2.05, 4.69) is 15.2 Å². The molecular weight excluding hydrogens is 217 g/mol. The normalized spacial score (nSPS) is 17.2. The molecule has 0 saturated carbocycles. The molecule has 17 heavy (non-hydrogen) atoms. The van der Waals surface area contributed by atoms with Crippen LogP contribution in [0.25, 0.3) is 0 Å². The Labute approximate surface area is 102 Å². The van der Waals surface area contributed by atoms with E-state index in [1.807, 2.05) is 0 Å². The van der Waals surface area contributed by atoms with Gasteiger partial charge in [-0.1, -0.05) is 6.42 Å². The number of nitrogens with one attached hydrogen (secondary N) is 1. The topological polar surface area (TPSA) is 28.2 Å². The number of piperidine rings is 1. The number of halogens is 1. The van der Waals surface area contributed by atoms with Gasteiger partial charge in [0.05, 0.1) is 6.20 Å². The van der Waals surface area contributed by atoms with Crippen LogP contribution < -0.4 is 5.32 Å². The van der Waals surface area contributed by atoms with Gasteiger partial charge in [0, 0.05) is 31.4 Å². The van der Waals surface area contributed by atoms with Gasteiger partial charge < -0.3 is 10.2 Å². The molecule has 0 spiro atoms. The van der Waals surface area contributed by atoms with Gasteiger partial charge in [-0.25, -0.2) is 4.39 Å². The van der Waals surface area contributed by atoms with Crippen molar-refractivity contribution in [2.24, 2.45) is 0 Å². The van der Waals surface area contributed by atoms with E-state index < -0.39 is 0 Å². The van der Waals surface area contributed by atoms with Crippen LogP contribution in [-0.4, -0.2) is 36.1 Å². The molecule has 0 bridgehead atoms. The molecule has 1 saturated heterocycles. The van der Waals surface area contributed by atoms with Crippen molar-refractivity contribution in [3.05, 3.63) is 29.8 Å². The number of rotatable bonds is 5. The largest absolute Gasteiger partial charge is 0.311 e. The van der Waals surface area contributed by atoms with Crippen molar-refractivity contribution >= 4 is 0 Å². The number of pyridine rings is 1. The van der Waals surface area contributed by atoms with E-state index in [1.165, 1.54) is 38.5 Å². The predicted octanol–water partition coefficient (Wildman–Crippen LogP) is 1.80. The smallest absolute Gasteiger partial charge is 0.145 e. The standard InChI is InChI=1S/C13H20FN3/c14-13-11-15-5-4-12(13)10-16-6-9-17-7-2-1-3-8-17/h4-5,11,16H,1-3,6-10H2. The fraction of sp³-hybridized carbons (Fsp3) is 0.615. The molecule has 0 aliphatic carbocycles. The van der Waals surface area contributed by atoms with E-state index >= 15 is 0 Å². The number of aromatic nitrogens is 1. The highest BCUT2D eigenvalue weighted by Crippen LogP contribution is 2.07. The summed E-state index contributed by atoms with van der Waals surface area (Å²) < 4.78 is 13.3. The van der Waals surface area contributed by atoms with Gasteiger partial charge in [-0.15, -0.1) is 0 Å². The highest BCUT2D eigenvalue weighted by Gasteiger charge is 2.08. The third-order valence-electron chi connectivity index (χ3n) is 3.23. The summed E-state index contributed by atoms with van der Waals surface area (Å²) in [5.74, 6) is -0.224. The van der Waals surface area contributed by atoms with E-state index in [0.717, 1.165) is 13.1 Å². The molecule has 1 fully saturated rings. The summed E-state index contributed by atoms with van der Waals surface area (Å²) in [7, 11) is 0. The minimum Gasteiger partial charge on any atom is -0.311 e. The van der Waals surface area contributed by atoms with Crippen LogP contribution in [0, 0.1) is 5.82 Å². The highest BCUT2D eigenvalue weighted by molar-refractivity contribution is 5.11. The molecule has 1 aliphatic rings. The summed E-state index contributed by atoms with van der Waals surface area (Å²) in [5.41, 5.74) is 0.693. The molecule has 2 rings (SSSR count). The first-order valence-corrected chi connectivity index (χ1v) is 6.38. The molecule has 1 aromatic rings. The van der Waals surface area contributed by atoms with Crippen LogP contribution in [0.5, 0.6) is 0 Å². The highest BCUT2D eigenvalue weighted by atomic mass is 19.1. The lowest BCUT2D eigenvalue weighted by molar-refractivity contribution is 0.229. The van der Waals surface area contributed by atoms with E-state index in [9.17, 15) is 4.39 Å². The number of nitrogens with zero attached hydrogens (tertiary/aromatic N) is 2. The molecule has 3 nitrogen and oxygen atoms in total. The van der Waals surface area contributed by atoms with Crippen molar-refractivity contribution in [3.8, 4) is 0 Å². The number of likely N-dealkylation sites (tertiary alicyclic amines) is 1. The van der Waals surface area contributed by atoms with Crippen LogP contribution in [0.1, 0.15) is 24.8 Å². The molecule has 0 amide bonds. The van der Waals surface area contributed by atoms with E-state index in [-0.39, 0.29) is 5.82 Å². The average molecular weight is 237 g/mol. The zero-order chi connectivity index (χ0) is 11.9. The Morgan fingerprint density at radius 3 is 2.88 bits per heavy atom. The Kier molecular flexibility index (Phi) is 4.88. The fourth-order valence-electron chi connectivity index (χ4n) is 2.19. The first-order valence-electron chi connectivity index (χ1n) is 6.38. The molecule has 1 aromatic heterocycles. The first-order chi connectivity index (χ1) is 8.36. The lowest BCUT2D eigenvalue weighted by atomic mass is 10.1. The quantitative estimate of drug-likeness (QED) is 0.791. The van der Waals surface area contributed by atoms with E-state index in [0.29, 0.717) is 12.1 Å². The van der Waals surface area contributed by atoms with Gasteiger partial charge in [-0.3, -0.25) is 4.98 Å². The van der Waals surface area contributed by atoms with Crippen molar-refractivity contribution in [2.45, 2.75) is 25.8 Å². The average Bonchev–Trinajstić information content (AvgIpc) is 2.38. The lowest BCUT2D eigenvalue weighted by Crippen LogP contribution is -2.35. The SMILES string of the molecule is Fc1cnccc1CNCCN1CCCCC1. The molecule has 0 aromatic carbocycles. The molecule has 1 N–H and O–H groups in total. The Bertz CT molecular complexity index is 337. The monoisotopic (exact) mass is 237 g/mol. The molecular formula is C13H20FN3.